The molecule has 0 fully saturated rings. The lowest BCUT2D eigenvalue weighted by Crippen LogP contribution is -2.43. The molecule has 3 heterocycles. The summed E-state index contributed by atoms with van der Waals surface area (Å²) in [5.74, 6) is -0.109. The molecule has 2 aromatic carbocycles. The van der Waals surface area contributed by atoms with E-state index in [0.29, 0.717) is 38.7 Å². The van der Waals surface area contributed by atoms with Gasteiger partial charge in [-0.2, -0.15) is 0 Å². The van der Waals surface area contributed by atoms with Crippen molar-refractivity contribution in [2.75, 3.05) is 13.1 Å². The Hall–Kier alpha value is -3.68. The van der Waals surface area contributed by atoms with Crippen molar-refractivity contribution in [3.8, 4) is 5.69 Å². The maximum Gasteiger partial charge on any atom is 0.271 e. The van der Waals surface area contributed by atoms with Crippen LogP contribution < -0.4 is 14.9 Å². The highest BCUT2D eigenvalue weighted by Crippen LogP contribution is 2.32. The molecule has 0 bridgehead atoms. The van der Waals surface area contributed by atoms with Gasteiger partial charge in [0.1, 0.15) is 0 Å². The van der Waals surface area contributed by atoms with Crippen LogP contribution >= 0.6 is 22.9 Å². The van der Waals surface area contributed by atoms with E-state index in [2.05, 4.69) is 55.7 Å². The van der Waals surface area contributed by atoms with Crippen molar-refractivity contribution in [2.45, 2.75) is 47.6 Å². The summed E-state index contributed by atoms with van der Waals surface area (Å²) in [5, 5.41) is 0.595. The molecule has 4 aromatic rings. The Morgan fingerprint density at radius 3 is 2.30 bits per heavy atom. The molecule has 206 valence electrons. The van der Waals surface area contributed by atoms with Gasteiger partial charge in [-0.3, -0.25) is 14.2 Å². The number of carbonyl (C=O) groups excluding carboxylic acids is 1. The second-order valence-corrected chi connectivity index (χ2v) is 11.6. The van der Waals surface area contributed by atoms with E-state index in [1.54, 1.807) is 21.6 Å². The van der Waals surface area contributed by atoms with Crippen molar-refractivity contribution >= 4 is 34.9 Å². The fourth-order valence-corrected chi connectivity index (χ4v) is 6.57. The predicted molar refractivity (Wildman–Crippen MR) is 163 cm³/mol. The number of likely N-dealkylation sites (N-methyl/N-ethyl adjacent to an activating group) is 1. The van der Waals surface area contributed by atoms with Gasteiger partial charge < -0.3 is 9.47 Å². The number of halogens is 1. The SMILES string of the molecule is CCN(CC)C(=O)C1=C(C)N=c2s/c(=C/c3cc(C)n(-c4ccc(C)cc4)c3C)c(=O)n2[C@@H]1c1ccc(Cl)cc1. The van der Waals surface area contributed by atoms with E-state index in [0.717, 1.165) is 28.2 Å². The summed E-state index contributed by atoms with van der Waals surface area (Å²) in [7, 11) is 0. The molecular formula is C32H33ClN4O2S. The number of hydrogen-bond acceptors (Lipinski definition) is 4. The Balaban J connectivity index is 1.69. The van der Waals surface area contributed by atoms with E-state index >= 15 is 0 Å². The minimum absolute atomic E-state index is 0.109. The zero-order valence-electron chi connectivity index (χ0n) is 23.7. The highest BCUT2D eigenvalue weighted by atomic mass is 35.5. The molecule has 0 unspecified atom stereocenters. The maximum atomic E-state index is 14.1. The minimum atomic E-state index is -0.594. The lowest BCUT2D eigenvalue weighted by molar-refractivity contribution is -0.127. The van der Waals surface area contributed by atoms with Crippen LogP contribution in [0.3, 0.4) is 0 Å². The normalized spacial score (nSPS) is 15.3. The topological polar surface area (TPSA) is 59.6 Å². The molecule has 2 aromatic heterocycles. The Kier molecular flexibility index (Phi) is 7.71. The van der Waals surface area contributed by atoms with Crippen molar-refractivity contribution in [1.29, 1.82) is 0 Å². The van der Waals surface area contributed by atoms with E-state index in [4.69, 9.17) is 16.6 Å². The number of benzene rings is 2. The number of allylic oxidation sites excluding steroid dienone is 1. The van der Waals surface area contributed by atoms with Crippen LogP contribution in [0.5, 0.6) is 0 Å². The van der Waals surface area contributed by atoms with Crippen molar-refractivity contribution in [2.24, 2.45) is 4.99 Å². The third-order valence-corrected chi connectivity index (χ3v) is 8.77. The van der Waals surface area contributed by atoms with Crippen LogP contribution in [0.15, 0.2) is 75.7 Å². The number of aryl methyl sites for hydroxylation is 2. The van der Waals surface area contributed by atoms with Crippen LogP contribution in [0.1, 0.15) is 54.9 Å². The summed E-state index contributed by atoms with van der Waals surface area (Å²) >= 11 is 7.55. The molecule has 0 saturated carbocycles. The molecule has 6 nitrogen and oxygen atoms in total. The largest absolute Gasteiger partial charge is 0.339 e. The molecule has 1 aliphatic heterocycles. The molecule has 8 heteroatoms. The van der Waals surface area contributed by atoms with Gasteiger partial charge in [-0.15, -0.1) is 0 Å². The number of hydrogen-bond donors (Lipinski definition) is 0. The van der Waals surface area contributed by atoms with Crippen molar-refractivity contribution < 1.29 is 4.79 Å². The predicted octanol–water partition coefficient (Wildman–Crippen LogP) is 5.47. The monoisotopic (exact) mass is 572 g/mol. The zero-order chi connectivity index (χ0) is 28.7. The lowest BCUT2D eigenvalue weighted by Gasteiger charge is -2.29. The molecule has 1 amide bonds. The number of nitrogens with zero attached hydrogens (tertiary/aromatic N) is 4. The smallest absolute Gasteiger partial charge is 0.271 e. The molecule has 5 rings (SSSR count). The number of aromatic nitrogens is 2. The lowest BCUT2D eigenvalue weighted by atomic mass is 9.94. The molecule has 0 aliphatic carbocycles. The Morgan fingerprint density at radius 2 is 1.68 bits per heavy atom. The van der Waals surface area contributed by atoms with Gasteiger partial charge in [-0.05, 0) is 89.1 Å². The molecule has 1 aliphatic rings. The first-order chi connectivity index (χ1) is 19.1. The molecule has 40 heavy (non-hydrogen) atoms. The molecule has 0 N–H and O–H groups in total. The van der Waals surface area contributed by atoms with E-state index in [1.807, 2.05) is 39.0 Å². The van der Waals surface area contributed by atoms with Gasteiger partial charge >= 0.3 is 0 Å². The summed E-state index contributed by atoms with van der Waals surface area (Å²) in [6.07, 6.45) is 1.95. The maximum absolute atomic E-state index is 14.1. The van der Waals surface area contributed by atoms with E-state index in [9.17, 15) is 9.59 Å². The van der Waals surface area contributed by atoms with Crippen molar-refractivity contribution in [3.63, 3.8) is 0 Å². The average Bonchev–Trinajstić information content (AvgIpc) is 3.39. The number of fused-ring (bicyclic) bond motifs is 1. The second-order valence-electron chi connectivity index (χ2n) is 10.1. The van der Waals surface area contributed by atoms with Gasteiger partial charge in [0.2, 0.25) is 0 Å². The Morgan fingerprint density at radius 1 is 1.02 bits per heavy atom. The number of amides is 1. The van der Waals surface area contributed by atoms with Gasteiger partial charge in [0, 0.05) is 35.2 Å². The van der Waals surface area contributed by atoms with Crippen LogP contribution in [0.2, 0.25) is 5.02 Å². The van der Waals surface area contributed by atoms with Gasteiger partial charge in [-0.25, -0.2) is 4.99 Å². The number of carbonyl (C=O) groups is 1. The average molecular weight is 573 g/mol. The standard InChI is InChI=1S/C32H33ClN4O2S/c1-7-35(8-2)31(39)28-21(5)34-32-37(29(28)23-11-13-25(33)14-12-23)30(38)27(40-32)18-24-17-20(4)36(22(24)6)26-15-9-19(3)10-16-26/h9-18,29H,7-8H2,1-6H3/b27-18+/t29-/m1/s1. The molecule has 0 spiro atoms. The van der Waals surface area contributed by atoms with Crippen LogP contribution in [0.25, 0.3) is 11.8 Å². The quantitative estimate of drug-likeness (QED) is 0.307. The van der Waals surface area contributed by atoms with E-state index < -0.39 is 6.04 Å². The zero-order valence-corrected chi connectivity index (χ0v) is 25.2. The summed E-state index contributed by atoms with van der Waals surface area (Å²) in [4.78, 5) is 34.9. The molecule has 0 saturated heterocycles. The summed E-state index contributed by atoms with van der Waals surface area (Å²) in [5.41, 5.74) is 7.20. The van der Waals surface area contributed by atoms with Gasteiger partial charge in [0.15, 0.2) is 4.80 Å². The Labute approximate surface area is 243 Å². The fourth-order valence-electron chi connectivity index (χ4n) is 5.40. The highest BCUT2D eigenvalue weighted by Gasteiger charge is 2.34. The summed E-state index contributed by atoms with van der Waals surface area (Å²) in [6.45, 7) is 13.1. The summed E-state index contributed by atoms with van der Waals surface area (Å²) < 4.78 is 4.44. The third-order valence-electron chi connectivity index (χ3n) is 7.54. The summed E-state index contributed by atoms with van der Waals surface area (Å²) in [6, 6.07) is 17.3. The van der Waals surface area contributed by atoms with Crippen LogP contribution in [0, 0.1) is 20.8 Å². The molecule has 1 atom stereocenters. The number of rotatable bonds is 6. The van der Waals surface area contributed by atoms with Crippen LogP contribution in [-0.4, -0.2) is 33.0 Å². The third kappa shape index (κ3) is 4.88. The molecular weight excluding hydrogens is 540 g/mol. The van der Waals surface area contributed by atoms with E-state index in [1.165, 1.54) is 16.9 Å². The van der Waals surface area contributed by atoms with Gasteiger partial charge in [0.05, 0.1) is 21.8 Å². The van der Waals surface area contributed by atoms with Crippen molar-refractivity contribution in [3.05, 3.63) is 119 Å². The van der Waals surface area contributed by atoms with Gasteiger partial charge in [-0.1, -0.05) is 52.8 Å². The number of thiazole rings is 1. The van der Waals surface area contributed by atoms with Crippen molar-refractivity contribution in [1.82, 2.24) is 14.0 Å². The van der Waals surface area contributed by atoms with Crippen LogP contribution in [0.4, 0.5) is 0 Å². The highest BCUT2D eigenvalue weighted by molar-refractivity contribution is 7.07. The first-order valence-corrected chi connectivity index (χ1v) is 14.7. The first kappa shape index (κ1) is 27.9. The molecule has 0 radical (unpaired) electrons. The minimum Gasteiger partial charge on any atom is -0.339 e. The first-order valence-electron chi connectivity index (χ1n) is 13.5. The second kappa shape index (κ2) is 11.1. The van der Waals surface area contributed by atoms with Crippen LogP contribution in [-0.2, 0) is 4.79 Å². The fraction of sp³-hybridized carbons (Fsp3) is 0.281. The Bertz CT molecular complexity index is 1800. The van der Waals surface area contributed by atoms with E-state index in [-0.39, 0.29) is 11.5 Å². The van der Waals surface area contributed by atoms with Gasteiger partial charge in [0.25, 0.3) is 11.5 Å².